The summed E-state index contributed by atoms with van der Waals surface area (Å²) in [6, 6.07) is 0. The highest BCUT2D eigenvalue weighted by molar-refractivity contribution is 5.91. The molecule has 0 radical (unpaired) electrons. The lowest BCUT2D eigenvalue weighted by atomic mass is 10.2. The summed E-state index contributed by atoms with van der Waals surface area (Å²) in [5.41, 5.74) is -0.753. The third-order valence-corrected chi connectivity index (χ3v) is 2.69. The monoisotopic (exact) mass is 305 g/mol. The Morgan fingerprint density at radius 3 is 2.62 bits per heavy atom. The number of aromatic nitrogens is 5. The highest BCUT2D eigenvalue weighted by Gasteiger charge is 2.39. The minimum Gasteiger partial charge on any atom is -0.476 e. The van der Waals surface area contributed by atoms with E-state index in [1.807, 2.05) is 0 Å². The van der Waals surface area contributed by atoms with Crippen LogP contribution in [0.1, 0.15) is 10.5 Å². The van der Waals surface area contributed by atoms with Crippen LogP contribution in [0.15, 0.2) is 12.4 Å². The Labute approximate surface area is 115 Å². The Kier molecular flexibility index (Phi) is 3.68. The number of carbonyl (C=O) groups is 1. The van der Waals surface area contributed by atoms with E-state index >= 15 is 0 Å². The maximum absolute atomic E-state index is 12.4. The first-order valence-electron chi connectivity index (χ1n) is 5.61. The number of aryl methyl sites for hydroxylation is 1. The molecule has 2 aromatic heterocycles. The molecule has 0 bridgehead atoms. The third kappa shape index (κ3) is 2.86. The van der Waals surface area contributed by atoms with Crippen LogP contribution in [0.5, 0.6) is 0 Å². The third-order valence-electron chi connectivity index (χ3n) is 2.69. The summed E-state index contributed by atoms with van der Waals surface area (Å²) in [5.74, 6) is -1.38. The number of hydrogen-bond donors (Lipinski definition) is 2. The van der Waals surface area contributed by atoms with E-state index < -0.39 is 30.5 Å². The lowest BCUT2D eigenvalue weighted by Gasteiger charge is -2.15. The molecule has 114 valence electrons. The summed E-state index contributed by atoms with van der Waals surface area (Å²) in [7, 11) is 1.53. The van der Waals surface area contributed by atoms with Crippen molar-refractivity contribution in [2.24, 2.45) is 7.05 Å². The predicted molar refractivity (Wildman–Crippen MR) is 61.2 cm³/mol. The first-order valence-corrected chi connectivity index (χ1v) is 5.61. The van der Waals surface area contributed by atoms with E-state index in [0.717, 1.165) is 0 Å². The van der Waals surface area contributed by atoms with Crippen LogP contribution >= 0.6 is 0 Å². The molecule has 0 aliphatic heterocycles. The van der Waals surface area contributed by atoms with Gasteiger partial charge in [-0.05, 0) is 0 Å². The van der Waals surface area contributed by atoms with Crippen molar-refractivity contribution in [2.45, 2.75) is 18.8 Å². The molecule has 1 unspecified atom stereocenters. The van der Waals surface area contributed by atoms with Gasteiger partial charge in [-0.3, -0.25) is 0 Å². The number of aliphatic hydroxyl groups is 1. The molecule has 0 aromatic carbocycles. The molecule has 0 saturated heterocycles. The molecule has 0 aliphatic rings. The minimum atomic E-state index is -4.85. The highest BCUT2D eigenvalue weighted by Crippen LogP contribution is 2.25. The van der Waals surface area contributed by atoms with Gasteiger partial charge in [0.2, 0.25) is 5.69 Å². The second-order valence-corrected chi connectivity index (χ2v) is 4.19. The van der Waals surface area contributed by atoms with Gasteiger partial charge < -0.3 is 14.8 Å². The molecule has 8 nitrogen and oxygen atoms in total. The molecule has 0 spiro atoms. The maximum atomic E-state index is 12.4. The molecule has 0 aliphatic carbocycles. The van der Waals surface area contributed by atoms with Gasteiger partial charge in [0.25, 0.3) is 0 Å². The second kappa shape index (κ2) is 5.16. The number of rotatable bonds is 4. The van der Waals surface area contributed by atoms with Gasteiger partial charge >= 0.3 is 12.1 Å². The quantitative estimate of drug-likeness (QED) is 0.841. The standard InChI is InChI=1S/C10H10F3N5O3/c1-17-3-2-14-8(17)7-6(9(20)21)15-16-18(7)4-5(19)10(11,12)13/h2-3,5,19H,4H2,1H3,(H,20,21). The number of imidazole rings is 1. The van der Waals surface area contributed by atoms with Crippen molar-refractivity contribution in [1.82, 2.24) is 24.5 Å². The SMILES string of the molecule is Cn1ccnc1-c1c(C(=O)O)nnn1CC(O)C(F)(F)F. The van der Waals surface area contributed by atoms with Crippen molar-refractivity contribution >= 4 is 5.97 Å². The van der Waals surface area contributed by atoms with Crippen LogP contribution in [0.25, 0.3) is 11.5 Å². The number of halogens is 3. The first kappa shape index (κ1) is 15.0. The van der Waals surface area contributed by atoms with Crippen LogP contribution in [0, 0.1) is 0 Å². The highest BCUT2D eigenvalue weighted by atomic mass is 19.4. The summed E-state index contributed by atoms with van der Waals surface area (Å²) >= 11 is 0. The zero-order valence-corrected chi connectivity index (χ0v) is 10.6. The van der Waals surface area contributed by atoms with E-state index in [-0.39, 0.29) is 11.5 Å². The van der Waals surface area contributed by atoms with Crippen molar-refractivity contribution in [2.75, 3.05) is 0 Å². The fraction of sp³-hybridized carbons (Fsp3) is 0.400. The van der Waals surface area contributed by atoms with Gasteiger partial charge in [-0.1, -0.05) is 5.21 Å². The van der Waals surface area contributed by atoms with Crippen LogP contribution in [0.2, 0.25) is 0 Å². The molecule has 0 amide bonds. The fourth-order valence-corrected chi connectivity index (χ4v) is 1.67. The second-order valence-electron chi connectivity index (χ2n) is 4.19. The Morgan fingerprint density at radius 1 is 1.48 bits per heavy atom. The van der Waals surface area contributed by atoms with E-state index in [2.05, 4.69) is 15.3 Å². The van der Waals surface area contributed by atoms with Crippen LogP contribution in [-0.4, -0.2) is 53.0 Å². The fourth-order valence-electron chi connectivity index (χ4n) is 1.67. The summed E-state index contributed by atoms with van der Waals surface area (Å²) in [4.78, 5) is 15.0. The molecular weight excluding hydrogens is 295 g/mol. The lowest BCUT2D eigenvalue weighted by Crippen LogP contribution is -2.33. The van der Waals surface area contributed by atoms with Gasteiger partial charge in [0.15, 0.2) is 11.9 Å². The van der Waals surface area contributed by atoms with E-state index in [1.165, 1.54) is 24.0 Å². The molecule has 0 fully saturated rings. The molecule has 1 atom stereocenters. The smallest absolute Gasteiger partial charge is 0.416 e. The zero-order chi connectivity index (χ0) is 15.8. The van der Waals surface area contributed by atoms with Crippen LogP contribution in [0.4, 0.5) is 13.2 Å². The van der Waals surface area contributed by atoms with Crippen molar-refractivity contribution in [3.63, 3.8) is 0 Å². The predicted octanol–water partition coefficient (Wildman–Crippen LogP) is 0.300. The van der Waals surface area contributed by atoms with E-state index in [1.54, 1.807) is 0 Å². The van der Waals surface area contributed by atoms with Crippen LogP contribution < -0.4 is 0 Å². The summed E-state index contributed by atoms with van der Waals surface area (Å²) in [6.45, 7) is -0.980. The average Bonchev–Trinajstić information content (AvgIpc) is 2.93. The Balaban J connectivity index is 2.49. The maximum Gasteiger partial charge on any atom is 0.416 e. The van der Waals surface area contributed by atoms with Crippen LogP contribution in [-0.2, 0) is 13.6 Å². The van der Waals surface area contributed by atoms with Gasteiger partial charge in [0, 0.05) is 19.4 Å². The average molecular weight is 305 g/mol. The van der Waals surface area contributed by atoms with Gasteiger partial charge in [-0.15, -0.1) is 5.10 Å². The number of carboxylic acids is 1. The van der Waals surface area contributed by atoms with E-state index in [9.17, 15) is 18.0 Å². The Bertz CT molecular complexity index is 663. The topological polar surface area (TPSA) is 106 Å². The summed E-state index contributed by atoms with van der Waals surface area (Å²) in [5, 5.41) is 24.8. The molecular formula is C10H10F3N5O3. The number of nitrogens with zero attached hydrogens (tertiary/aromatic N) is 5. The van der Waals surface area contributed by atoms with E-state index in [4.69, 9.17) is 10.2 Å². The number of aromatic carboxylic acids is 1. The van der Waals surface area contributed by atoms with Gasteiger partial charge in [0.1, 0.15) is 5.69 Å². The molecule has 2 heterocycles. The molecule has 21 heavy (non-hydrogen) atoms. The van der Waals surface area contributed by atoms with Gasteiger partial charge in [-0.2, -0.15) is 13.2 Å². The van der Waals surface area contributed by atoms with Crippen LogP contribution in [0.3, 0.4) is 0 Å². The van der Waals surface area contributed by atoms with Crippen molar-refractivity contribution in [3.8, 4) is 11.5 Å². The number of alkyl halides is 3. The number of hydrogen-bond acceptors (Lipinski definition) is 5. The van der Waals surface area contributed by atoms with Crippen molar-refractivity contribution in [1.29, 1.82) is 0 Å². The number of aliphatic hydroxyl groups excluding tert-OH is 1. The van der Waals surface area contributed by atoms with Crippen molar-refractivity contribution in [3.05, 3.63) is 18.1 Å². The van der Waals surface area contributed by atoms with Gasteiger partial charge in [-0.25, -0.2) is 14.5 Å². The Morgan fingerprint density at radius 2 is 2.14 bits per heavy atom. The molecule has 2 rings (SSSR count). The largest absolute Gasteiger partial charge is 0.476 e. The summed E-state index contributed by atoms with van der Waals surface area (Å²) in [6.07, 6.45) is -4.72. The molecule has 2 N–H and O–H groups in total. The number of carboxylic acid groups (broad SMARTS) is 1. The first-order chi connectivity index (χ1) is 9.71. The minimum absolute atomic E-state index is 0.0757. The lowest BCUT2D eigenvalue weighted by molar-refractivity contribution is -0.207. The molecule has 2 aromatic rings. The molecule has 0 saturated carbocycles. The van der Waals surface area contributed by atoms with Crippen molar-refractivity contribution < 1.29 is 28.2 Å². The zero-order valence-electron chi connectivity index (χ0n) is 10.6. The Hall–Kier alpha value is -2.43. The van der Waals surface area contributed by atoms with E-state index in [0.29, 0.717) is 4.68 Å². The molecule has 11 heteroatoms. The van der Waals surface area contributed by atoms with Gasteiger partial charge in [0.05, 0.1) is 6.54 Å². The summed E-state index contributed by atoms with van der Waals surface area (Å²) < 4.78 is 39.3. The normalized spacial score (nSPS) is 13.4.